The van der Waals surface area contributed by atoms with E-state index in [9.17, 15) is 9.59 Å². The minimum absolute atomic E-state index is 0.0330. The first kappa shape index (κ1) is 24.4. The summed E-state index contributed by atoms with van der Waals surface area (Å²) in [4.78, 5) is 38.4. The number of ether oxygens (including phenoxy) is 1. The van der Waals surface area contributed by atoms with E-state index in [2.05, 4.69) is 15.3 Å². The lowest BCUT2D eigenvalue weighted by Crippen LogP contribution is -2.47. The Morgan fingerprint density at radius 1 is 1.29 bits per heavy atom. The highest BCUT2D eigenvalue weighted by molar-refractivity contribution is 6.33. The van der Waals surface area contributed by atoms with Gasteiger partial charge in [0, 0.05) is 43.0 Å². The monoisotopic (exact) mass is 485 g/mol. The number of anilines is 1. The van der Waals surface area contributed by atoms with Gasteiger partial charge in [-0.2, -0.15) is 0 Å². The molecule has 2 aliphatic rings. The molecule has 0 aliphatic carbocycles. The maximum Gasteiger partial charge on any atom is 0.255 e. The fourth-order valence-electron chi connectivity index (χ4n) is 4.25. The van der Waals surface area contributed by atoms with E-state index in [0.29, 0.717) is 35.4 Å². The van der Waals surface area contributed by atoms with E-state index in [1.54, 1.807) is 23.0 Å². The lowest BCUT2D eigenvalue weighted by molar-refractivity contribution is -0.135. The number of rotatable bonds is 5. The van der Waals surface area contributed by atoms with Crippen LogP contribution in [-0.4, -0.2) is 70.0 Å². The van der Waals surface area contributed by atoms with Crippen LogP contribution < -0.4 is 5.32 Å². The van der Waals surface area contributed by atoms with Crippen LogP contribution in [0.3, 0.4) is 0 Å². The van der Waals surface area contributed by atoms with E-state index in [-0.39, 0.29) is 36.0 Å². The fourth-order valence-corrected chi connectivity index (χ4v) is 4.45. The van der Waals surface area contributed by atoms with Crippen LogP contribution in [0.15, 0.2) is 24.4 Å². The molecule has 1 aromatic heterocycles. The largest absolute Gasteiger partial charge is 0.381 e. The predicted octanol–water partition coefficient (Wildman–Crippen LogP) is 4.16. The average molecular weight is 486 g/mol. The van der Waals surface area contributed by atoms with Gasteiger partial charge in [0.15, 0.2) is 0 Å². The molecular weight excluding hydrogens is 454 g/mol. The second-order valence-electron chi connectivity index (χ2n) is 9.96. The van der Waals surface area contributed by atoms with Crippen molar-refractivity contribution in [2.45, 2.75) is 58.2 Å². The van der Waals surface area contributed by atoms with Crippen molar-refractivity contribution in [2.24, 2.45) is 0 Å². The molecule has 4 rings (SSSR count). The number of nitrogens with one attached hydrogen (secondary N) is 1. The molecule has 1 aromatic carbocycles. The quantitative estimate of drug-likeness (QED) is 0.684. The van der Waals surface area contributed by atoms with Crippen LogP contribution >= 0.6 is 11.6 Å². The highest BCUT2D eigenvalue weighted by Crippen LogP contribution is 2.37. The molecule has 3 heterocycles. The lowest BCUT2D eigenvalue weighted by Gasteiger charge is -2.34. The second-order valence-corrected chi connectivity index (χ2v) is 10.4. The SMILES string of the molecule is CC1c2ccc(-c3nc(NC4CCOCC4)ncc3Cl)cc2C(=O)N1CC(=O)N(C)C(C)(C)C. The molecule has 1 fully saturated rings. The molecule has 1 atom stereocenters. The number of benzene rings is 1. The Morgan fingerprint density at radius 2 is 2.00 bits per heavy atom. The number of aromatic nitrogens is 2. The van der Waals surface area contributed by atoms with Crippen LogP contribution in [0.1, 0.15) is 62.5 Å². The number of carbonyl (C=O) groups excluding carboxylic acids is 2. The van der Waals surface area contributed by atoms with Gasteiger partial charge in [0.25, 0.3) is 5.91 Å². The van der Waals surface area contributed by atoms with E-state index in [0.717, 1.165) is 24.0 Å². The molecule has 0 saturated carbocycles. The third-order valence-electron chi connectivity index (χ3n) is 6.72. The normalized spacial score (nSPS) is 18.7. The highest BCUT2D eigenvalue weighted by atomic mass is 35.5. The van der Waals surface area contributed by atoms with Crippen molar-refractivity contribution in [3.63, 3.8) is 0 Å². The van der Waals surface area contributed by atoms with Gasteiger partial charge in [-0.05, 0) is 52.2 Å². The molecule has 8 nitrogen and oxygen atoms in total. The molecule has 182 valence electrons. The molecule has 2 aromatic rings. The molecule has 9 heteroatoms. The molecule has 1 N–H and O–H groups in total. The van der Waals surface area contributed by atoms with Gasteiger partial charge in [-0.1, -0.05) is 23.7 Å². The number of nitrogens with zero attached hydrogens (tertiary/aromatic N) is 4. The van der Waals surface area contributed by atoms with Gasteiger partial charge < -0.3 is 19.9 Å². The summed E-state index contributed by atoms with van der Waals surface area (Å²) in [6.07, 6.45) is 3.37. The maximum absolute atomic E-state index is 13.3. The second kappa shape index (κ2) is 9.50. The van der Waals surface area contributed by atoms with E-state index in [4.69, 9.17) is 16.3 Å². The van der Waals surface area contributed by atoms with Gasteiger partial charge >= 0.3 is 0 Å². The Balaban J connectivity index is 1.57. The summed E-state index contributed by atoms with van der Waals surface area (Å²) in [7, 11) is 1.77. The van der Waals surface area contributed by atoms with E-state index in [1.807, 2.05) is 45.9 Å². The van der Waals surface area contributed by atoms with Gasteiger partial charge in [-0.15, -0.1) is 0 Å². The highest BCUT2D eigenvalue weighted by Gasteiger charge is 2.37. The summed E-state index contributed by atoms with van der Waals surface area (Å²) in [5, 5.41) is 3.77. The van der Waals surface area contributed by atoms with E-state index < -0.39 is 0 Å². The van der Waals surface area contributed by atoms with Crippen molar-refractivity contribution in [3.05, 3.63) is 40.5 Å². The van der Waals surface area contributed by atoms with Crippen LogP contribution in [0.5, 0.6) is 0 Å². The molecule has 34 heavy (non-hydrogen) atoms. The van der Waals surface area contributed by atoms with Gasteiger partial charge in [-0.25, -0.2) is 9.97 Å². The van der Waals surface area contributed by atoms with E-state index in [1.165, 1.54) is 0 Å². The Hall–Kier alpha value is -2.71. The molecule has 0 bridgehead atoms. The summed E-state index contributed by atoms with van der Waals surface area (Å²) in [5.74, 6) is 0.248. The Labute approximate surface area is 205 Å². The molecule has 0 radical (unpaired) electrons. The van der Waals surface area contributed by atoms with Crippen LogP contribution in [-0.2, 0) is 9.53 Å². The first-order valence-corrected chi connectivity index (χ1v) is 12.0. The van der Waals surface area contributed by atoms with Gasteiger partial charge in [0.2, 0.25) is 11.9 Å². The topological polar surface area (TPSA) is 87.7 Å². The molecule has 2 amide bonds. The molecule has 0 spiro atoms. The Bertz CT molecular complexity index is 1090. The molecule has 1 unspecified atom stereocenters. The van der Waals surface area contributed by atoms with Crippen molar-refractivity contribution in [2.75, 3.05) is 32.1 Å². The minimum Gasteiger partial charge on any atom is -0.381 e. The number of hydrogen-bond donors (Lipinski definition) is 1. The smallest absolute Gasteiger partial charge is 0.255 e. The first-order valence-electron chi connectivity index (χ1n) is 11.6. The van der Waals surface area contributed by atoms with E-state index >= 15 is 0 Å². The Morgan fingerprint density at radius 3 is 2.68 bits per heavy atom. The minimum atomic E-state index is -0.316. The fraction of sp³-hybridized carbons (Fsp3) is 0.520. The number of amides is 2. The number of likely N-dealkylation sites (N-methyl/N-ethyl adjacent to an activating group) is 1. The van der Waals surface area contributed by atoms with Crippen molar-refractivity contribution in [3.8, 4) is 11.3 Å². The third-order valence-corrected chi connectivity index (χ3v) is 7.00. The summed E-state index contributed by atoms with van der Waals surface area (Å²) in [5.41, 5.74) is 2.46. The zero-order chi connectivity index (χ0) is 24.6. The molecule has 1 saturated heterocycles. The summed E-state index contributed by atoms with van der Waals surface area (Å²) >= 11 is 6.45. The number of fused-ring (bicyclic) bond motifs is 1. The third kappa shape index (κ3) is 4.88. The van der Waals surface area contributed by atoms with Crippen molar-refractivity contribution in [1.29, 1.82) is 0 Å². The first-order chi connectivity index (χ1) is 16.1. The van der Waals surface area contributed by atoms with Crippen LogP contribution in [0.2, 0.25) is 5.02 Å². The van der Waals surface area contributed by atoms with Crippen molar-refractivity contribution in [1.82, 2.24) is 19.8 Å². The van der Waals surface area contributed by atoms with Crippen LogP contribution in [0.25, 0.3) is 11.3 Å². The summed E-state index contributed by atoms with van der Waals surface area (Å²) in [6.45, 7) is 9.32. The van der Waals surface area contributed by atoms with Crippen molar-refractivity contribution >= 4 is 29.4 Å². The number of carbonyl (C=O) groups is 2. The number of halogens is 1. The predicted molar refractivity (Wildman–Crippen MR) is 132 cm³/mol. The molecular formula is C25H32ClN5O3. The Kier molecular flexibility index (Phi) is 6.82. The van der Waals surface area contributed by atoms with Crippen LogP contribution in [0.4, 0.5) is 5.95 Å². The zero-order valence-corrected chi connectivity index (χ0v) is 21.1. The average Bonchev–Trinajstić information content (AvgIpc) is 3.04. The maximum atomic E-state index is 13.3. The van der Waals surface area contributed by atoms with Gasteiger partial charge in [0.05, 0.1) is 23.0 Å². The zero-order valence-electron chi connectivity index (χ0n) is 20.4. The standard InChI is InChI=1S/C25H32ClN5O3/c1-15-18-7-6-16(12-19(18)23(33)31(15)14-21(32)30(5)25(2,3)4)22-20(26)13-27-24(29-22)28-17-8-10-34-11-9-17/h6-7,12-13,15,17H,8-11,14H2,1-5H3,(H,27,28,29). The van der Waals surface area contributed by atoms with Gasteiger partial charge in [-0.3, -0.25) is 9.59 Å². The molecule has 2 aliphatic heterocycles. The summed E-state index contributed by atoms with van der Waals surface area (Å²) < 4.78 is 5.41. The van der Waals surface area contributed by atoms with Crippen molar-refractivity contribution < 1.29 is 14.3 Å². The van der Waals surface area contributed by atoms with Gasteiger partial charge in [0.1, 0.15) is 6.54 Å². The summed E-state index contributed by atoms with van der Waals surface area (Å²) in [6, 6.07) is 5.72. The lowest BCUT2D eigenvalue weighted by atomic mass is 10.0. The number of hydrogen-bond acceptors (Lipinski definition) is 6. The van der Waals surface area contributed by atoms with Crippen LogP contribution in [0, 0.1) is 0 Å².